The highest BCUT2D eigenvalue weighted by atomic mass is 16.5. The summed E-state index contributed by atoms with van der Waals surface area (Å²) in [5.41, 5.74) is 1.72. The maximum atomic E-state index is 12.6. The number of carbonyl (C=O) groups excluding carboxylic acids is 1. The molecule has 2 aromatic rings. The number of ether oxygens (including phenoxy) is 2. The van der Waals surface area contributed by atoms with Gasteiger partial charge in [0, 0.05) is 23.1 Å². The van der Waals surface area contributed by atoms with Gasteiger partial charge in [-0.2, -0.15) is 0 Å². The number of methoxy groups -OCH3 is 2. The fourth-order valence-corrected chi connectivity index (χ4v) is 3.52. The van der Waals surface area contributed by atoms with Gasteiger partial charge in [0.2, 0.25) is 11.8 Å². The van der Waals surface area contributed by atoms with Crippen molar-refractivity contribution in [2.45, 2.75) is 45.1 Å². The van der Waals surface area contributed by atoms with Crippen LogP contribution in [0.3, 0.4) is 0 Å². The monoisotopic (exact) mass is 387 g/mol. The number of aromatic nitrogens is 1. The van der Waals surface area contributed by atoms with Crippen molar-refractivity contribution in [3.63, 3.8) is 0 Å². The predicted molar refractivity (Wildman–Crippen MR) is 107 cm³/mol. The zero-order valence-corrected chi connectivity index (χ0v) is 17.2. The first-order valence-corrected chi connectivity index (χ1v) is 9.55. The number of nitrogens with zero attached hydrogens (tertiary/aromatic N) is 2. The Bertz CT molecular complexity index is 825. The standard InChI is InChI=1S/C21H29N3O4/c1-21(2,3)18-12-20(28-23-18)22-19(25)13-24-10-6-7-16(24)15-11-14(26-4)8-9-17(15)27-5/h8-9,11-12,16H,6-7,10,13H2,1-5H3,(H,22,25)/t16-/m1/s1. The van der Waals surface area contributed by atoms with Gasteiger partial charge in [0.15, 0.2) is 0 Å². The maximum Gasteiger partial charge on any atom is 0.240 e. The third-order valence-corrected chi connectivity index (χ3v) is 5.05. The molecule has 1 atom stereocenters. The molecule has 0 spiro atoms. The van der Waals surface area contributed by atoms with Gasteiger partial charge in [0.25, 0.3) is 0 Å². The normalized spacial score (nSPS) is 17.5. The van der Waals surface area contributed by atoms with Crippen LogP contribution in [-0.2, 0) is 10.2 Å². The van der Waals surface area contributed by atoms with Crippen LogP contribution in [0.25, 0.3) is 0 Å². The molecule has 1 amide bonds. The first kappa shape index (κ1) is 20.2. The summed E-state index contributed by atoms with van der Waals surface area (Å²) in [6.45, 7) is 7.27. The van der Waals surface area contributed by atoms with Crippen LogP contribution in [0.5, 0.6) is 11.5 Å². The summed E-state index contributed by atoms with van der Waals surface area (Å²) in [7, 11) is 3.31. The lowest BCUT2D eigenvalue weighted by molar-refractivity contribution is -0.117. The third-order valence-electron chi connectivity index (χ3n) is 5.05. The second-order valence-electron chi connectivity index (χ2n) is 8.11. The summed E-state index contributed by atoms with van der Waals surface area (Å²) in [5, 5.41) is 6.86. The molecule has 28 heavy (non-hydrogen) atoms. The molecule has 0 unspecified atom stereocenters. The summed E-state index contributed by atoms with van der Waals surface area (Å²) >= 11 is 0. The number of carbonyl (C=O) groups is 1. The number of rotatable bonds is 6. The fraction of sp³-hybridized carbons (Fsp3) is 0.524. The molecule has 0 radical (unpaired) electrons. The van der Waals surface area contributed by atoms with Crippen LogP contribution < -0.4 is 14.8 Å². The van der Waals surface area contributed by atoms with E-state index in [1.165, 1.54) is 0 Å². The van der Waals surface area contributed by atoms with Crippen molar-refractivity contribution >= 4 is 11.8 Å². The topological polar surface area (TPSA) is 76.8 Å². The zero-order valence-electron chi connectivity index (χ0n) is 17.2. The number of nitrogens with one attached hydrogen (secondary N) is 1. The fourth-order valence-electron chi connectivity index (χ4n) is 3.52. The Kier molecular flexibility index (Phi) is 5.93. The van der Waals surface area contributed by atoms with Crippen molar-refractivity contribution in [1.29, 1.82) is 0 Å². The van der Waals surface area contributed by atoms with E-state index in [-0.39, 0.29) is 23.9 Å². The second kappa shape index (κ2) is 8.22. The van der Waals surface area contributed by atoms with Crippen molar-refractivity contribution in [2.24, 2.45) is 0 Å². The highest BCUT2D eigenvalue weighted by molar-refractivity contribution is 5.91. The van der Waals surface area contributed by atoms with E-state index in [4.69, 9.17) is 14.0 Å². The molecule has 7 heteroatoms. The molecule has 0 aliphatic carbocycles. The van der Waals surface area contributed by atoms with Gasteiger partial charge < -0.3 is 14.0 Å². The maximum absolute atomic E-state index is 12.6. The zero-order chi connectivity index (χ0) is 20.3. The van der Waals surface area contributed by atoms with E-state index in [1.54, 1.807) is 20.3 Å². The molecule has 0 saturated carbocycles. The SMILES string of the molecule is COc1ccc(OC)c([C@H]2CCCN2CC(=O)Nc2cc(C(C)(C)C)no2)c1. The average Bonchev–Trinajstić information content (AvgIpc) is 3.30. The average molecular weight is 387 g/mol. The molecule has 7 nitrogen and oxygen atoms in total. The van der Waals surface area contributed by atoms with Crippen LogP contribution in [0, 0.1) is 0 Å². The van der Waals surface area contributed by atoms with Crippen molar-refractivity contribution in [3.05, 3.63) is 35.5 Å². The largest absolute Gasteiger partial charge is 0.497 e. The predicted octanol–water partition coefficient (Wildman–Crippen LogP) is 3.76. The summed E-state index contributed by atoms with van der Waals surface area (Å²) in [4.78, 5) is 14.7. The van der Waals surface area contributed by atoms with Crippen molar-refractivity contribution < 1.29 is 18.8 Å². The van der Waals surface area contributed by atoms with Gasteiger partial charge in [0.1, 0.15) is 11.5 Å². The third kappa shape index (κ3) is 4.47. The van der Waals surface area contributed by atoms with Crippen LogP contribution in [0.4, 0.5) is 5.88 Å². The highest BCUT2D eigenvalue weighted by Crippen LogP contribution is 2.38. The number of anilines is 1. The lowest BCUT2D eigenvalue weighted by atomic mass is 9.92. The smallest absolute Gasteiger partial charge is 0.240 e. The lowest BCUT2D eigenvalue weighted by Crippen LogP contribution is -2.33. The van der Waals surface area contributed by atoms with Crippen LogP contribution in [0.2, 0.25) is 0 Å². The van der Waals surface area contributed by atoms with Gasteiger partial charge in [-0.05, 0) is 37.6 Å². The van der Waals surface area contributed by atoms with Crippen molar-refractivity contribution in [1.82, 2.24) is 10.1 Å². The Morgan fingerprint density at radius 1 is 1.29 bits per heavy atom. The number of hydrogen-bond donors (Lipinski definition) is 1. The number of likely N-dealkylation sites (tertiary alicyclic amines) is 1. The summed E-state index contributed by atoms with van der Waals surface area (Å²) in [6, 6.07) is 7.67. The van der Waals surface area contributed by atoms with E-state index in [0.717, 1.165) is 42.1 Å². The molecule has 3 rings (SSSR count). The Morgan fingerprint density at radius 2 is 2.07 bits per heavy atom. The van der Waals surface area contributed by atoms with E-state index in [2.05, 4.69) is 15.4 Å². The molecule has 1 aromatic heterocycles. The molecular weight excluding hydrogens is 358 g/mol. The van der Waals surface area contributed by atoms with E-state index < -0.39 is 0 Å². The van der Waals surface area contributed by atoms with Gasteiger partial charge >= 0.3 is 0 Å². The summed E-state index contributed by atoms with van der Waals surface area (Å²) in [6.07, 6.45) is 1.99. The van der Waals surface area contributed by atoms with E-state index in [0.29, 0.717) is 5.88 Å². The molecule has 0 bridgehead atoms. The minimum absolute atomic E-state index is 0.107. The van der Waals surface area contributed by atoms with Gasteiger partial charge in [-0.25, -0.2) is 0 Å². The van der Waals surface area contributed by atoms with Crippen molar-refractivity contribution in [3.8, 4) is 11.5 Å². The van der Waals surface area contributed by atoms with Crippen LogP contribution >= 0.6 is 0 Å². The summed E-state index contributed by atoms with van der Waals surface area (Å²) < 4.78 is 16.2. The van der Waals surface area contributed by atoms with E-state index >= 15 is 0 Å². The quantitative estimate of drug-likeness (QED) is 0.813. The van der Waals surface area contributed by atoms with E-state index in [1.807, 2.05) is 39.0 Å². The Morgan fingerprint density at radius 3 is 2.71 bits per heavy atom. The minimum Gasteiger partial charge on any atom is -0.497 e. The molecule has 1 N–H and O–H groups in total. The molecule has 2 heterocycles. The van der Waals surface area contributed by atoms with Crippen LogP contribution in [0.15, 0.2) is 28.8 Å². The molecule has 1 saturated heterocycles. The number of hydrogen-bond acceptors (Lipinski definition) is 6. The first-order valence-electron chi connectivity index (χ1n) is 9.55. The molecule has 1 aromatic carbocycles. The second-order valence-corrected chi connectivity index (χ2v) is 8.11. The van der Waals surface area contributed by atoms with Crippen molar-refractivity contribution in [2.75, 3.05) is 32.6 Å². The van der Waals surface area contributed by atoms with Gasteiger partial charge in [-0.15, -0.1) is 0 Å². The Hall–Kier alpha value is -2.54. The molecular formula is C21H29N3O4. The number of benzene rings is 1. The first-order chi connectivity index (χ1) is 13.3. The molecule has 152 valence electrons. The van der Waals surface area contributed by atoms with Gasteiger partial charge in [0.05, 0.1) is 26.5 Å². The minimum atomic E-state index is -0.130. The lowest BCUT2D eigenvalue weighted by Gasteiger charge is -2.25. The Labute approximate surface area is 166 Å². The Balaban J connectivity index is 1.70. The molecule has 1 fully saturated rings. The van der Waals surface area contributed by atoms with Crippen LogP contribution in [-0.4, -0.2) is 43.3 Å². The number of amides is 1. The molecule has 1 aliphatic heterocycles. The van der Waals surface area contributed by atoms with E-state index in [9.17, 15) is 4.79 Å². The molecule has 1 aliphatic rings. The highest BCUT2D eigenvalue weighted by Gasteiger charge is 2.30. The van der Waals surface area contributed by atoms with Gasteiger partial charge in [-0.1, -0.05) is 25.9 Å². The summed E-state index contributed by atoms with van der Waals surface area (Å²) in [5.74, 6) is 1.85. The van der Waals surface area contributed by atoms with Gasteiger partial charge in [-0.3, -0.25) is 15.0 Å². The van der Waals surface area contributed by atoms with Crippen LogP contribution in [0.1, 0.15) is 50.9 Å².